The standard InChI is InChI=1S/C65H120N6O8P2/c1-57(2)41-37-53(61(9,10)68(57)76-49-29-21-17-22-30-49)66(54-38-42-58(3,4)69(62(54,11)12)77-50-31-23-18-24-32-50)80-72-45-65(46-73-80)47-74-81(75-48-65)67(55-39-43-59(5,6)70(63(55,13)14)78-51-33-25-19-26-34-51)56-40-44-60(7,8)71(64(56,15)16)79-52-35-27-20-28-36-52/h49-56H,17-48H2,1-16H3. The predicted molar refractivity (Wildman–Crippen MR) is 328 cm³/mol. The molecule has 6 heterocycles. The van der Waals surface area contributed by atoms with Crippen molar-refractivity contribution < 1.29 is 37.4 Å². The van der Waals surface area contributed by atoms with E-state index in [0.717, 1.165) is 103 Å². The highest BCUT2D eigenvalue weighted by atomic mass is 31.2. The van der Waals surface area contributed by atoms with Crippen LogP contribution in [-0.2, 0) is 37.4 Å². The first kappa shape index (κ1) is 64.3. The number of rotatable bonds is 14. The third kappa shape index (κ3) is 13.3. The van der Waals surface area contributed by atoms with Crippen LogP contribution in [-0.4, -0.2) is 149 Å². The lowest BCUT2D eigenvalue weighted by atomic mass is 9.74. The zero-order valence-electron chi connectivity index (χ0n) is 54.6. The predicted octanol–water partition coefficient (Wildman–Crippen LogP) is 16.3. The first-order chi connectivity index (χ1) is 38.1. The van der Waals surface area contributed by atoms with Crippen molar-refractivity contribution in [3.05, 3.63) is 0 Å². The minimum Gasteiger partial charge on any atom is -0.321 e. The second kappa shape index (κ2) is 24.9. The van der Waals surface area contributed by atoms with E-state index in [2.05, 4.69) is 140 Å². The molecule has 4 saturated carbocycles. The van der Waals surface area contributed by atoms with Crippen LogP contribution >= 0.6 is 17.1 Å². The number of nitrogens with zero attached hydrogens (tertiary/aromatic N) is 6. The molecule has 0 radical (unpaired) electrons. The molecule has 1 spiro atoms. The Kier molecular flexibility index (Phi) is 19.8. The van der Waals surface area contributed by atoms with E-state index in [-0.39, 0.29) is 92.9 Å². The maximum absolute atomic E-state index is 7.45. The van der Waals surface area contributed by atoms with Crippen LogP contribution in [0.2, 0.25) is 0 Å². The van der Waals surface area contributed by atoms with Gasteiger partial charge in [0.1, 0.15) is 0 Å². The molecule has 0 aromatic rings. The van der Waals surface area contributed by atoms with Crippen molar-refractivity contribution in [1.29, 1.82) is 0 Å². The van der Waals surface area contributed by atoms with Crippen LogP contribution < -0.4 is 0 Å². The maximum Gasteiger partial charge on any atom is 0.259 e. The molecule has 0 aromatic heterocycles. The average molecular weight is 1180 g/mol. The second-order valence-corrected chi connectivity index (χ2v) is 35.5. The van der Waals surface area contributed by atoms with Crippen LogP contribution in [0, 0.1) is 5.41 Å². The molecule has 10 aliphatic rings. The zero-order chi connectivity index (χ0) is 58.0. The molecule has 81 heavy (non-hydrogen) atoms. The molecular formula is C65H120N6O8P2. The van der Waals surface area contributed by atoms with E-state index in [9.17, 15) is 0 Å². The summed E-state index contributed by atoms with van der Waals surface area (Å²) in [5, 5.41) is 9.82. The van der Waals surface area contributed by atoms with E-state index in [0.29, 0.717) is 26.4 Å². The molecule has 14 nitrogen and oxygen atoms in total. The van der Waals surface area contributed by atoms with Crippen molar-refractivity contribution in [3.8, 4) is 0 Å². The Bertz CT molecular complexity index is 1770. The second-order valence-electron chi connectivity index (χ2n) is 32.6. The van der Waals surface area contributed by atoms with Crippen LogP contribution in [0.25, 0.3) is 0 Å². The summed E-state index contributed by atoms with van der Waals surface area (Å²) in [5.41, 5.74) is -2.26. The highest BCUT2D eigenvalue weighted by Gasteiger charge is 2.63. The van der Waals surface area contributed by atoms with Gasteiger partial charge in [0.05, 0.1) is 78.4 Å². The molecule has 0 bridgehead atoms. The summed E-state index contributed by atoms with van der Waals surface area (Å²) < 4.78 is 35.3. The Hall–Kier alpha value is 0.300. The molecule has 0 N–H and O–H groups in total. The van der Waals surface area contributed by atoms with E-state index < -0.39 is 22.5 Å². The number of hydroxylamine groups is 8. The maximum atomic E-state index is 7.45. The molecule has 6 aliphatic heterocycles. The normalized spacial score (nSPS) is 37.7. The Morgan fingerprint density at radius 2 is 0.494 bits per heavy atom. The van der Waals surface area contributed by atoms with Gasteiger partial charge in [-0.1, -0.05) is 77.0 Å². The van der Waals surface area contributed by atoms with Crippen molar-refractivity contribution in [3.63, 3.8) is 0 Å². The summed E-state index contributed by atoms with van der Waals surface area (Å²) in [6.45, 7) is 41.0. The molecule has 10 rings (SSSR count). The molecule has 16 heteroatoms. The minimum atomic E-state index is -1.49. The first-order valence-electron chi connectivity index (χ1n) is 33.7. The van der Waals surface area contributed by atoms with Gasteiger partial charge in [0.2, 0.25) is 0 Å². The summed E-state index contributed by atoms with van der Waals surface area (Å²) in [7, 11) is -2.97. The van der Waals surface area contributed by atoms with E-state index in [1.807, 2.05) is 0 Å². The van der Waals surface area contributed by atoms with Gasteiger partial charge in [0.25, 0.3) is 17.1 Å². The van der Waals surface area contributed by atoms with Crippen LogP contribution in [0.15, 0.2) is 0 Å². The smallest absolute Gasteiger partial charge is 0.259 e. The first-order valence-corrected chi connectivity index (χ1v) is 35.9. The number of hydrogen-bond acceptors (Lipinski definition) is 14. The van der Waals surface area contributed by atoms with Gasteiger partial charge in [0.15, 0.2) is 0 Å². The fraction of sp³-hybridized carbons (Fsp3) is 1.00. The van der Waals surface area contributed by atoms with Crippen LogP contribution in [0.1, 0.15) is 291 Å². The molecular weight excluding hydrogens is 1050 g/mol. The van der Waals surface area contributed by atoms with Crippen molar-refractivity contribution in [2.24, 2.45) is 5.41 Å². The topological polar surface area (TPSA) is 93.3 Å². The fourth-order valence-corrected chi connectivity index (χ4v) is 22.6. The molecule has 0 amide bonds. The lowest BCUT2D eigenvalue weighted by Gasteiger charge is -2.64. The molecule has 10 fully saturated rings. The Morgan fingerprint density at radius 1 is 0.296 bits per heavy atom. The highest BCUT2D eigenvalue weighted by molar-refractivity contribution is 7.45. The van der Waals surface area contributed by atoms with E-state index in [1.54, 1.807) is 0 Å². The number of piperidine rings is 4. The third-order valence-electron chi connectivity index (χ3n) is 22.5. The Balaban J connectivity index is 0.931. The van der Waals surface area contributed by atoms with Crippen LogP contribution in [0.3, 0.4) is 0 Å². The van der Waals surface area contributed by atoms with Crippen molar-refractivity contribution in [1.82, 2.24) is 29.6 Å². The lowest BCUT2D eigenvalue weighted by Crippen LogP contribution is -2.73. The van der Waals surface area contributed by atoms with Gasteiger partial charge < -0.3 is 18.1 Å². The average Bonchev–Trinajstić information content (AvgIpc) is 3.61. The summed E-state index contributed by atoms with van der Waals surface area (Å²) in [6, 6.07) is 0.472. The monoisotopic (exact) mass is 1170 g/mol. The number of hydrogen-bond donors (Lipinski definition) is 0. The van der Waals surface area contributed by atoms with Gasteiger partial charge in [-0.2, -0.15) is 20.3 Å². The fourth-order valence-electron chi connectivity index (χ4n) is 17.9. The van der Waals surface area contributed by atoms with Gasteiger partial charge in [0, 0.05) is 46.3 Å². The summed E-state index contributed by atoms with van der Waals surface area (Å²) in [6.07, 6.45) is 33.5. The largest absolute Gasteiger partial charge is 0.321 e. The van der Waals surface area contributed by atoms with Crippen molar-refractivity contribution >= 4 is 17.1 Å². The van der Waals surface area contributed by atoms with E-state index in [4.69, 9.17) is 37.4 Å². The van der Waals surface area contributed by atoms with Gasteiger partial charge >= 0.3 is 0 Å². The van der Waals surface area contributed by atoms with Gasteiger partial charge in [-0.15, -0.1) is 0 Å². The molecule has 468 valence electrons. The van der Waals surface area contributed by atoms with E-state index in [1.165, 1.54) is 77.0 Å². The minimum absolute atomic E-state index is 0.118. The molecule has 4 atom stereocenters. The van der Waals surface area contributed by atoms with Crippen molar-refractivity contribution in [2.45, 2.75) is 383 Å². The molecule has 4 aliphatic carbocycles. The van der Waals surface area contributed by atoms with Crippen LogP contribution in [0.5, 0.6) is 0 Å². The molecule has 4 unspecified atom stereocenters. The third-order valence-corrected chi connectivity index (χ3v) is 25.7. The molecule has 0 aromatic carbocycles. The van der Waals surface area contributed by atoms with Gasteiger partial charge in [-0.3, -0.25) is 19.4 Å². The summed E-state index contributed by atoms with van der Waals surface area (Å²) in [4.78, 5) is 29.2. The lowest BCUT2D eigenvalue weighted by molar-refractivity contribution is -0.332. The Labute approximate surface area is 497 Å². The highest BCUT2D eigenvalue weighted by Crippen LogP contribution is 2.63. The summed E-state index contributed by atoms with van der Waals surface area (Å²) >= 11 is 0. The Morgan fingerprint density at radius 3 is 0.691 bits per heavy atom. The quantitative estimate of drug-likeness (QED) is 0.155. The zero-order valence-corrected chi connectivity index (χ0v) is 56.4. The summed E-state index contributed by atoms with van der Waals surface area (Å²) in [5.74, 6) is 0. The van der Waals surface area contributed by atoms with Gasteiger partial charge in [-0.05, 0) is 214 Å². The van der Waals surface area contributed by atoms with Gasteiger partial charge in [-0.25, -0.2) is 9.34 Å². The SMILES string of the molecule is CC1(C)CCC(N(C2CCC(C)(C)N(OC3CCCCC3)C2(C)C)P2OCC3(CO2)COP(N(C2CCC(C)(C)N(OC4CCCCC4)C2(C)C)C2CCC(C)(C)N(OC4CCCCC4)C2(C)C)OC3)C(C)(C)N1OC1CCCCC1. The van der Waals surface area contributed by atoms with Crippen molar-refractivity contribution in [2.75, 3.05) is 26.4 Å². The van der Waals surface area contributed by atoms with E-state index >= 15 is 0 Å². The molecule has 6 saturated heterocycles. The van der Waals surface area contributed by atoms with Crippen LogP contribution in [0.4, 0.5) is 0 Å².